The van der Waals surface area contributed by atoms with E-state index in [0.29, 0.717) is 31.6 Å². The van der Waals surface area contributed by atoms with Gasteiger partial charge in [-0.25, -0.2) is 0 Å². The van der Waals surface area contributed by atoms with Gasteiger partial charge >= 0.3 is 5.97 Å². The third kappa shape index (κ3) is 35.4. The number of ether oxygens (including phenoxy) is 3. The van der Waals surface area contributed by atoms with Gasteiger partial charge in [0.25, 0.3) is 0 Å². The zero-order chi connectivity index (χ0) is 42.7. The molecule has 1 fully saturated rings. The summed E-state index contributed by atoms with van der Waals surface area (Å²) >= 11 is 0. The van der Waals surface area contributed by atoms with Crippen molar-refractivity contribution in [2.24, 2.45) is 5.92 Å². The van der Waals surface area contributed by atoms with E-state index in [2.05, 4.69) is 37.5 Å². The first kappa shape index (κ1) is 56.3. The quantitative estimate of drug-likeness (QED) is 0.0483. The van der Waals surface area contributed by atoms with Crippen LogP contribution in [0.1, 0.15) is 246 Å². The summed E-state index contributed by atoms with van der Waals surface area (Å²) in [6.45, 7) is 16.8. The van der Waals surface area contributed by atoms with E-state index in [4.69, 9.17) is 14.2 Å². The van der Waals surface area contributed by atoms with Gasteiger partial charge in [-0.2, -0.15) is 0 Å². The smallest absolute Gasteiger partial charge is 0.305 e. The Hall–Kier alpha value is -0.730. The highest BCUT2D eigenvalue weighted by atomic mass is 16.5. The van der Waals surface area contributed by atoms with Gasteiger partial charge in [0.15, 0.2) is 0 Å². The van der Waals surface area contributed by atoms with Crippen LogP contribution in [0.15, 0.2) is 0 Å². The summed E-state index contributed by atoms with van der Waals surface area (Å²) in [6, 6.07) is 0.603. The molecule has 2 unspecified atom stereocenters. The minimum Gasteiger partial charge on any atom is -0.465 e. The van der Waals surface area contributed by atoms with E-state index in [1.165, 1.54) is 180 Å². The Bertz CT molecular complexity index is 855. The van der Waals surface area contributed by atoms with Gasteiger partial charge < -0.3 is 19.3 Å². The van der Waals surface area contributed by atoms with E-state index in [1.807, 2.05) is 0 Å². The Morgan fingerprint density at radius 2 is 1.07 bits per heavy atom. The summed E-state index contributed by atoms with van der Waals surface area (Å²) in [5.41, 5.74) is 0. The van der Waals surface area contributed by atoms with Crippen molar-refractivity contribution in [2.45, 2.75) is 258 Å². The molecule has 0 amide bonds. The van der Waals surface area contributed by atoms with Gasteiger partial charge in [0.1, 0.15) is 0 Å². The maximum atomic E-state index is 12.9. The second-order valence-electron chi connectivity index (χ2n) is 18.6. The van der Waals surface area contributed by atoms with Crippen LogP contribution in [0.5, 0.6) is 0 Å². The zero-order valence-electron chi connectivity index (χ0n) is 40.3. The highest BCUT2D eigenvalue weighted by Gasteiger charge is 2.24. The molecule has 7 heteroatoms. The molecule has 0 aromatic heterocycles. The Kier molecular flexibility index (Phi) is 41.9. The van der Waals surface area contributed by atoms with Gasteiger partial charge in [0, 0.05) is 51.9 Å². The minimum absolute atomic E-state index is 0.00402. The molecule has 1 aliphatic rings. The van der Waals surface area contributed by atoms with Crippen LogP contribution in [0.25, 0.3) is 0 Å². The van der Waals surface area contributed by atoms with Crippen LogP contribution in [0.4, 0.5) is 0 Å². The first-order valence-electron chi connectivity index (χ1n) is 26.5. The van der Waals surface area contributed by atoms with Gasteiger partial charge in [-0.3, -0.25) is 14.6 Å². The molecule has 0 heterocycles. The van der Waals surface area contributed by atoms with Crippen molar-refractivity contribution in [3.8, 4) is 0 Å². The van der Waals surface area contributed by atoms with Gasteiger partial charge in [-0.15, -0.1) is 0 Å². The molecule has 0 aliphatic heterocycles. The number of aliphatic hydroxyl groups excluding tert-OH is 1. The summed E-state index contributed by atoms with van der Waals surface area (Å²) < 4.78 is 18.8. The predicted molar refractivity (Wildman–Crippen MR) is 254 cm³/mol. The number of hydrogen-bond acceptors (Lipinski definition) is 7. The van der Waals surface area contributed by atoms with Gasteiger partial charge in [0.05, 0.1) is 25.9 Å². The van der Waals surface area contributed by atoms with Crippen LogP contribution in [0.3, 0.4) is 0 Å². The molecule has 2 atom stereocenters. The number of rotatable bonds is 47. The van der Waals surface area contributed by atoms with Gasteiger partial charge in [0.2, 0.25) is 0 Å². The summed E-state index contributed by atoms with van der Waals surface area (Å²) in [4.78, 5) is 18.1. The maximum absolute atomic E-state index is 12.9. The van der Waals surface area contributed by atoms with E-state index in [0.717, 1.165) is 78.0 Å². The lowest BCUT2D eigenvalue weighted by atomic mass is 9.95. The van der Waals surface area contributed by atoms with Crippen LogP contribution in [-0.2, 0) is 19.0 Å². The molecule has 1 N–H and O–H groups in total. The maximum Gasteiger partial charge on any atom is 0.305 e. The number of unbranched alkanes of at least 4 members (excludes halogenated alkanes) is 22. The molecule has 0 saturated heterocycles. The summed E-state index contributed by atoms with van der Waals surface area (Å²) in [6.07, 6.45) is 42.4. The van der Waals surface area contributed by atoms with Crippen LogP contribution >= 0.6 is 0 Å². The molecule has 1 saturated carbocycles. The van der Waals surface area contributed by atoms with Crippen molar-refractivity contribution in [2.75, 3.05) is 65.8 Å². The topological polar surface area (TPSA) is 71.5 Å². The van der Waals surface area contributed by atoms with Crippen LogP contribution < -0.4 is 0 Å². The first-order valence-corrected chi connectivity index (χ1v) is 26.5. The second-order valence-corrected chi connectivity index (χ2v) is 18.6. The molecule has 0 spiro atoms. The minimum atomic E-state index is -0.00402. The van der Waals surface area contributed by atoms with Crippen molar-refractivity contribution in [3.05, 3.63) is 0 Å². The first-order chi connectivity index (χ1) is 29.1. The highest BCUT2D eigenvalue weighted by molar-refractivity contribution is 5.69. The molecule has 0 aromatic rings. The molecule has 0 radical (unpaired) electrons. The summed E-state index contributed by atoms with van der Waals surface area (Å²) in [5, 5.41) is 9.92. The predicted octanol–water partition coefficient (Wildman–Crippen LogP) is 13.9. The Morgan fingerprint density at radius 1 is 0.559 bits per heavy atom. The summed E-state index contributed by atoms with van der Waals surface area (Å²) in [7, 11) is 0. The van der Waals surface area contributed by atoms with E-state index in [-0.39, 0.29) is 18.7 Å². The molecule has 1 rings (SSSR count). The zero-order valence-corrected chi connectivity index (χ0v) is 40.3. The van der Waals surface area contributed by atoms with E-state index >= 15 is 0 Å². The van der Waals surface area contributed by atoms with Crippen molar-refractivity contribution >= 4 is 5.97 Å². The lowest BCUT2D eigenvalue weighted by molar-refractivity contribution is -0.145. The van der Waals surface area contributed by atoms with Crippen LogP contribution in [0.2, 0.25) is 0 Å². The fourth-order valence-electron chi connectivity index (χ4n) is 9.01. The number of aliphatic hydroxyl groups is 1. The Morgan fingerprint density at radius 3 is 1.66 bits per heavy atom. The van der Waals surface area contributed by atoms with Crippen LogP contribution in [-0.4, -0.2) is 98.8 Å². The third-order valence-corrected chi connectivity index (χ3v) is 13.0. The molecule has 59 heavy (non-hydrogen) atoms. The number of carbonyl (C=O) groups excluding carboxylic acids is 1. The van der Waals surface area contributed by atoms with Crippen molar-refractivity contribution < 1.29 is 24.1 Å². The standard InChI is InChI=1S/C52H104N2O5/c1-5-9-13-17-19-20-21-22-24-32-44-57-48-51(58-45-33-16-12-8-4)46-53(40-41-54(42-43-55)50-36-29-30-37-50)39-31-25-28-38-52(56)59-47-49(34-26-15-11-7-3)35-27-23-18-14-10-6-2/h49-51,55H,5-48H2,1-4H3. The van der Waals surface area contributed by atoms with Crippen molar-refractivity contribution in [1.82, 2.24) is 9.80 Å². The second kappa shape index (κ2) is 43.9. The lowest BCUT2D eigenvalue weighted by Crippen LogP contribution is -2.44. The fraction of sp³-hybridized carbons (Fsp3) is 0.981. The molecule has 0 bridgehead atoms. The number of nitrogens with zero attached hydrogens (tertiary/aromatic N) is 2. The van der Waals surface area contributed by atoms with E-state index in [9.17, 15) is 9.90 Å². The number of carbonyl (C=O) groups is 1. The molecule has 7 nitrogen and oxygen atoms in total. The largest absolute Gasteiger partial charge is 0.465 e. The van der Waals surface area contributed by atoms with Gasteiger partial charge in [-0.1, -0.05) is 188 Å². The van der Waals surface area contributed by atoms with Crippen LogP contribution in [0, 0.1) is 5.92 Å². The van der Waals surface area contributed by atoms with Gasteiger partial charge in [-0.05, 0) is 63.8 Å². The highest BCUT2D eigenvalue weighted by Crippen LogP contribution is 2.24. The molecule has 352 valence electrons. The fourth-order valence-corrected chi connectivity index (χ4v) is 9.01. The number of esters is 1. The average Bonchev–Trinajstić information content (AvgIpc) is 3.79. The lowest BCUT2D eigenvalue weighted by Gasteiger charge is -2.33. The SMILES string of the molecule is CCCCCCCCCCCCOCC(CN(CCCCCC(=O)OCC(CCCCCC)CCCCCCCC)CCN(CCO)C1CCCC1)OCCCCCC. The monoisotopic (exact) mass is 837 g/mol. The van der Waals surface area contributed by atoms with E-state index < -0.39 is 0 Å². The number of hydrogen-bond donors (Lipinski definition) is 1. The normalized spacial score (nSPS) is 14.6. The Labute approximate surface area is 368 Å². The Balaban J connectivity index is 2.66. The summed E-state index contributed by atoms with van der Waals surface area (Å²) in [5.74, 6) is 0.515. The molecular weight excluding hydrogens is 733 g/mol. The van der Waals surface area contributed by atoms with Crippen molar-refractivity contribution in [1.29, 1.82) is 0 Å². The molecule has 1 aliphatic carbocycles. The van der Waals surface area contributed by atoms with E-state index in [1.54, 1.807) is 0 Å². The molecule has 0 aromatic carbocycles. The molecular formula is C52H104N2O5. The van der Waals surface area contributed by atoms with Crippen molar-refractivity contribution in [3.63, 3.8) is 0 Å². The average molecular weight is 837 g/mol. The third-order valence-electron chi connectivity index (χ3n) is 13.0.